The Labute approximate surface area is 123 Å². The highest BCUT2D eigenvalue weighted by atomic mass is 15.3. The van der Waals surface area contributed by atoms with E-state index < -0.39 is 0 Å². The zero-order chi connectivity index (χ0) is 13.8. The van der Waals surface area contributed by atoms with Gasteiger partial charge >= 0.3 is 0 Å². The van der Waals surface area contributed by atoms with Crippen LogP contribution in [0, 0.1) is 0 Å². The van der Waals surface area contributed by atoms with Crippen LogP contribution in [0.25, 0.3) is 11.1 Å². The van der Waals surface area contributed by atoms with Crippen LogP contribution < -0.4 is 10.2 Å². The molecule has 1 atom stereocenters. The van der Waals surface area contributed by atoms with Crippen molar-refractivity contribution >= 4 is 17.1 Å². The summed E-state index contributed by atoms with van der Waals surface area (Å²) in [5, 5.41) is 3.66. The molecule has 0 bridgehead atoms. The van der Waals surface area contributed by atoms with E-state index in [0.29, 0.717) is 0 Å². The highest BCUT2D eigenvalue weighted by Gasteiger charge is 2.36. The number of nitrogens with one attached hydrogen (secondary N) is 1. The molecular weight excluding hydrogens is 256 g/mol. The average molecular weight is 270 g/mol. The molecule has 0 radical (unpaired) electrons. The molecule has 2 heterocycles. The van der Waals surface area contributed by atoms with E-state index in [1.807, 2.05) is 0 Å². The van der Waals surface area contributed by atoms with Crippen molar-refractivity contribution < 1.29 is 0 Å². The largest absolute Gasteiger partial charge is 0.359 e. The number of fused-ring (bicyclic) bond motifs is 8. The Kier molecular flexibility index (Phi) is 2.03. The zero-order valence-corrected chi connectivity index (χ0v) is 11.5. The predicted molar refractivity (Wildman–Crippen MR) is 86.8 cm³/mol. The van der Waals surface area contributed by atoms with E-state index in [2.05, 4.69) is 83.0 Å². The van der Waals surface area contributed by atoms with Gasteiger partial charge in [-0.2, -0.15) is 0 Å². The summed E-state index contributed by atoms with van der Waals surface area (Å²) >= 11 is 0. The molecule has 100 valence electrons. The van der Waals surface area contributed by atoms with Crippen molar-refractivity contribution in [2.75, 3.05) is 10.2 Å². The molecule has 2 aliphatic rings. The fraction of sp³-hybridized carbons (Fsp3) is 0.0526. The first kappa shape index (κ1) is 11.0. The van der Waals surface area contributed by atoms with Crippen LogP contribution in [0.3, 0.4) is 0 Å². The van der Waals surface area contributed by atoms with E-state index in [-0.39, 0.29) is 6.17 Å². The Morgan fingerprint density at radius 3 is 2.24 bits per heavy atom. The molecule has 1 unspecified atom stereocenters. The Hall–Kier alpha value is -2.74. The van der Waals surface area contributed by atoms with E-state index in [1.165, 1.54) is 33.8 Å². The minimum atomic E-state index is 0.188. The van der Waals surface area contributed by atoms with Crippen molar-refractivity contribution in [3.05, 3.63) is 78.4 Å². The molecule has 2 heteroatoms. The number of nitrogens with zero attached hydrogens (tertiary/aromatic N) is 1. The standard InChI is InChI=1S/C19H14N2/c1-2-9-15-13(7-1)14-8-3-5-11-17(14)21-18-12-6-4-10-16(18)20-19(15)21/h1-12,19-20H. The van der Waals surface area contributed by atoms with Crippen molar-refractivity contribution in [2.45, 2.75) is 6.17 Å². The smallest absolute Gasteiger partial charge is 0.131 e. The molecule has 0 saturated carbocycles. The summed E-state index contributed by atoms with van der Waals surface area (Å²) in [6, 6.07) is 25.9. The molecule has 0 aromatic heterocycles. The molecule has 2 aliphatic heterocycles. The Balaban J connectivity index is 1.85. The van der Waals surface area contributed by atoms with E-state index >= 15 is 0 Å². The van der Waals surface area contributed by atoms with Crippen molar-refractivity contribution in [3.8, 4) is 11.1 Å². The van der Waals surface area contributed by atoms with E-state index in [1.54, 1.807) is 0 Å². The van der Waals surface area contributed by atoms with Crippen molar-refractivity contribution in [1.82, 2.24) is 0 Å². The first-order valence-electron chi connectivity index (χ1n) is 7.26. The lowest BCUT2D eigenvalue weighted by Crippen LogP contribution is -2.27. The van der Waals surface area contributed by atoms with Crippen LogP contribution >= 0.6 is 0 Å². The van der Waals surface area contributed by atoms with Crippen LogP contribution in [-0.2, 0) is 0 Å². The first-order chi connectivity index (χ1) is 10.4. The summed E-state index contributed by atoms with van der Waals surface area (Å²) in [6.45, 7) is 0. The number of hydrogen-bond donors (Lipinski definition) is 1. The van der Waals surface area contributed by atoms with Gasteiger partial charge in [0.1, 0.15) is 6.17 Å². The fourth-order valence-corrected chi connectivity index (χ4v) is 3.53. The van der Waals surface area contributed by atoms with Crippen LogP contribution in [0.1, 0.15) is 11.7 Å². The van der Waals surface area contributed by atoms with Crippen molar-refractivity contribution in [2.24, 2.45) is 0 Å². The van der Waals surface area contributed by atoms with Crippen LogP contribution in [-0.4, -0.2) is 0 Å². The number of rotatable bonds is 0. The highest BCUT2D eigenvalue weighted by Crippen LogP contribution is 2.53. The second-order valence-corrected chi connectivity index (χ2v) is 5.54. The molecule has 0 spiro atoms. The lowest BCUT2D eigenvalue weighted by Gasteiger charge is -2.35. The first-order valence-corrected chi connectivity index (χ1v) is 7.26. The summed E-state index contributed by atoms with van der Waals surface area (Å²) in [7, 11) is 0. The monoisotopic (exact) mass is 270 g/mol. The maximum Gasteiger partial charge on any atom is 0.131 e. The lowest BCUT2D eigenvalue weighted by molar-refractivity contribution is 0.819. The van der Waals surface area contributed by atoms with E-state index in [0.717, 1.165) is 0 Å². The topological polar surface area (TPSA) is 15.3 Å². The molecule has 0 saturated heterocycles. The molecule has 1 N–H and O–H groups in total. The molecular formula is C19H14N2. The van der Waals surface area contributed by atoms with E-state index in [4.69, 9.17) is 0 Å². The molecule has 3 aromatic rings. The lowest BCUT2D eigenvalue weighted by atomic mass is 9.91. The van der Waals surface area contributed by atoms with Crippen LogP contribution in [0.4, 0.5) is 17.1 Å². The van der Waals surface area contributed by atoms with Crippen molar-refractivity contribution in [1.29, 1.82) is 0 Å². The van der Waals surface area contributed by atoms with Gasteiger partial charge in [-0.3, -0.25) is 0 Å². The van der Waals surface area contributed by atoms with Gasteiger partial charge in [-0.1, -0.05) is 54.6 Å². The molecule has 5 rings (SSSR count). The molecule has 0 aliphatic carbocycles. The van der Waals surface area contributed by atoms with Crippen LogP contribution in [0.2, 0.25) is 0 Å². The third-order valence-electron chi connectivity index (χ3n) is 4.42. The van der Waals surface area contributed by atoms with Gasteiger partial charge in [0.15, 0.2) is 0 Å². The number of benzene rings is 3. The predicted octanol–water partition coefficient (Wildman–Crippen LogP) is 4.93. The Bertz CT molecular complexity index is 853. The normalized spacial score (nSPS) is 17.3. The maximum atomic E-state index is 3.66. The average Bonchev–Trinajstić information content (AvgIpc) is 2.95. The molecule has 0 amide bonds. The minimum Gasteiger partial charge on any atom is -0.359 e. The molecule has 2 nitrogen and oxygen atoms in total. The van der Waals surface area contributed by atoms with Gasteiger partial charge in [-0.25, -0.2) is 0 Å². The molecule has 0 fully saturated rings. The van der Waals surface area contributed by atoms with Gasteiger partial charge in [-0.15, -0.1) is 0 Å². The SMILES string of the molecule is c1ccc2c(c1)NC1c3ccccc3-c3ccccc3N21. The van der Waals surface area contributed by atoms with Gasteiger partial charge < -0.3 is 10.2 Å². The van der Waals surface area contributed by atoms with Gasteiger partial charge in [0.25, 0.3) is 0 Å². The maximum absolute atomic E-state index is 3.66. The highest BCUT2D eigenvalue weighted by molar-refractivity contribution is 5.94. The quantitative estimate of drug-likeness (QED) is 0.623. The van der Waals surface area contributed by atoms with Gasteiger partial charge in [0.05, 0.1) is 17.1 Å². The van der Waals surface area contributed by atoms with Crippen LogP contribution in [0.5, 0.6) is 0 Å². The number of anilines is 3. The summed E-state index contributed by atoms with van der Waals surface area (Å²) in [4.78, 5) is 2.41. The molecule has 21 heavy (non-hydrogen) atoms. The van der Waals surface area contributed by atoms with E-state index in [9.17, 15) is 0 Å². The number of hydrogen-bond acceptors (Lipinski definition) is 2. The summed E-state index contributed by atoms with van der Waals surface area (Å²) in [5.74, 6) is 0. The third kappa shape index (κ3) is 1.37. The summed E-state index contributed by atoms with van der Waals surface area (Å²) in [6.07, 6.45) is 0.188. The van der Waals surface area contributed by atoms with Crippen molar-refractivity contribution in [3.63, 3.8) is 0 Å². The zero-order valence-electron chi connectivity index (χ0n) is 11.5. The van der Waals surface area contributed by atoms with Gasteiger partial charge in [0, 0.05) is 11.1 Å². The third-order valence-corrected chi connectivity index (χ3v) is 4.42. The Morgan fingerprint density at radius 1 is 0.667 bits per heavy atom. The second-order valence-electron chi connectivity index (χ2n) is 5.54. The summed E-state index contributed by atoms with van der Waals surface area (Å²) in [5.41, 5.74) is 7.71. The Morgan fingerprint density at radius 2 is 1.33 bits per heavy atom. The number of para-hydroxylation sites is 3. The van der Waals surface area contributed by atoms with Gasteiger partial charge in [-0.05, 0) is 23.8 Å². The van der Waals surface area contributed by atoms with Gasteiger partial charge in [0.2, 0.25) is 0 Å². The molecule has 3 aromatic carbocycles. The van der Waals surface area contributed by atoms with Crippen LogP contribution in [0.15, 0.2) is 72.8 Å². The minimum absolute atomic E-state index is 0.188. The second kappa shape index (κ2) is 3.89. The summed E-state index contributed by atoms with van der Waals surface area (Å²) < 4.78 is 0. The fourth-order valence-electron chi connectivity index (χ4n) is 3.53.